The van der Waals surface area contributed by atoms with Crippen molar-refractivity contribution in [2.45, 2.75) is 143 Å². The number of carbonyl (C=O) groups excluding carboxylic acids is 5. The number of benzene rings is 3. The van der Waals surface area contributed by atoms with Gasteiger partial charge in [-0.2, -0.15) is 5.26 Å². The SMILES string of the molecule is C=CC(=O)OCCCCCCOC1CCC(c2ccc(C(=O)Oc3ccc(OC(=O)c4ccc(C5CCC(OCCCCCCOC(=O)C=C)CC5)cc4)c4c3SC(=C(C#N)C(=O)OCC)S4)cc2)CC1. The van der Waals surface area contributed by atoms with Gasteiger partial charge in [0.25, 0.3) is 0 Å². The molecule has 0 saturated heterocycles. The molecule has 13 nitrogen and oxygen atoms in total. The fourth-order valence-electron chi connectivity index (χ4n) is 8.87. The molecule has 0 atom stereocenters. The van der Waals surface area contributed by atoms with Gasteiger partial charge in [-0.15, -0.1) is 0 Å². The first-order valence-corrected chi connectivity index (χ1v) is 26.5. The van der Waals surface area contributed by atoms with E-state index in [-0.39, 0.29) is 47.8 Å². The summed E-state index contributed by atoms with van der Waals surface area (Å²) in [6.45, 7) is 10.8. The number of nitriles is 1. The van der Waals surface area contributed by atoms with Gasteiger partial charge >= 0.3 is 29.8 Å². The van der Waals surface area contributed by atoms with E-state index in [4.69, 9.17) is 33.2 Å². The lowest BCUT2D eigenvalue weighted by Crippen LogP contribution is -2.21. The molecule has 2 saturated carbocycles. The number of hydrogen-bond donors (Lipinski definition) is 0. The van der Waals surface area contributed by atoms with Crippen LogP contribution in [0.3, 0.4) is 0 Å². The highest BCUT2D eigenvalue weighted by molar-refractivity contribution is 8.24. The minimum Gasteiger partial charge on any atom is -0.463 e. The lowest BCUT2D eigenvalue weighted by Gasteiger charge is -2.29. The molecular formula is C56H65NO12S2. The van der Waals surface area contributed by atoms with Crippen LogP contribution in [0.1, 0.15) is 153 Å². The van der Waals surface area contributed by atoms with E-state index in [1.54, 1.807) is 43.3 Å². The second-order valence-corrected chi connectivity index (χ2v) is 20.0. The standard InChI is InChI=1S/C56H65NO12S2/c1-4-49(58)66-35-13-9-7-11-33-64-44-27-23-40(24-28-44)38-15-19-42(20-16-38)53(60)68-47-31-32-48(52-51(47)70-56(71-52)46(37-57)55(62)63-6-3)69-54(61)43-21-17-39(18-22-43)41-25-29-45(30-26-41)65-34-12-8-10-14-36-67-50(59)5-2/h4-5,15-22,31-32,40-41,44-45H,1-2,6-14,23-30,33-36H2,3H3. The number of esters is 5. The highest BCUT2D eigenvalue weighted by Crippen LogP contribution is 2.59. The van der Waals surface area contributed by atoms with Crippen molar-refractivity contribution in [2.75, 3.05) is 33.0 Å². The van der Waals surface area contributed by atoms with E-state index in [2.05, 4.69) is 13.2 Å². The van der Waals surface area contributed by atoms with E-state index in [1.807, 2.05) is 30.3 Å². The number of unbranched alkanes of at least 4 members (excludes halogenated alkanes) is 6. The molecule has 3 aromatic rings. The molecule has 0 radical (unpaired) electrons. The average Bonchev–Trinajstić information content (AvgIpc) is 3.85. The van der Waals surface area contributed by atoms with Gasteiger partial charge in [0.2, 0.25) is 0 Å². The van der Waals surface area contributed by atoms with Crippen LogP contribution in [-0.2, 0) is 38.1 Å². The monoisotopic (exact) mass is 1010 g/mol. The number of rotatable bonds is 26. The van der Waals surface area contributed by atoms with Crippen LogP contribution in [0.2, 0.25) is 0 Å². The normalized spacial score (nSPS) is 18.3. The van der Waals surface area contributed by atoms with Gasteiger partial charge in [0, 0.05) is 25.4 Å². The van der Waals surface area contributed by atoms with Crippen LogP contribution >= 0.6 is 23.5 Å². The Morgan fingerprint density at radius 1 is 0.563 bits per heavy atom. The summed E-state index contributed by atoms with van der Waals surface area (Å²) in [5.74, 6) is -1.61. The van der Waals surface area contributed by atoms with Gasteiger partial charge < -0.3 is 33.2 Å². The molecule has 2 aliphatic carbocycles. The van der Waals surface area contributed by atoms with Gasteiger partial charge in [0.05, 0.1) is 57.2 Å². The topological polar surface area (TPSA) is 174 Å². The Morgan fingerprint density at radius 3 is 1.32 bits per heavy atom. The second kappa shape index (κ2) is 29.0. The molecule has 15 heteroatoms. The molecule has 0 amide bonds. The van der Waals surface area contributed by atoms with E-state index < -0.39 is 17.9 Å². The van der Waals surface area contributed by atoms with Crippen molar-refractivity contribution < 1.29 is 57.1 Å². The molecule has 378 valence electrons. The molecule has 0 aromatic heterocycles. The van der Waals surface area contributed by atoms with E-state index in [9.17, 15) is 29.2 Å². The molecule has 0 spiro atoms. The van der Waals surface area contributed by atoms with Crippen molar-refractivity contribution in [3.05, 3.63) is 118 Å². The molecule has 3 aliphatic rings. The van der Waals surface area contributed by atoms with Crippen molar-refractivity contribution in [3.63, 3.8) is 0 Å². The molecule has 2 fully saturated rings. The zero-order valence-electron chi connectivity index (χ0n) is 40.7. The number of thioether (sulfide) groups is 2. The first kappa shape index (κ1) is 54.7. The third kappa shape index (κ3) is 16.7. The first-order valence-electron chi connectivity index (χ1n) is 24.9. The van der Waals surface area contributed by atoms with Crippen molar-refractivity contribution in [1.82, 2.24) is 0 Å². The third-order valence-electron chi connectivity index (χ3n) is 12.8. The van der Waals surface area contributed by atoms with Gasteiger partial charge in [0.1, 0.15) is 17.6 Å². The number of nitrogens with zero attached hydrogens (tertiary/aromatic N) is 1. The molecule has 0 bridgehead atoms. The van der Waals surface area contributed by atoms with Crippen molar-refractivity contribution >= 4 is 53.4 Å². The third-order valence-corrected chi connectivity index (χ3v) is 15.4. The van der Waals surface area contributed by atoms with Gasteiger partial charge in [0.15, 0.2) is 5.57 Å². The van der Waals surface area contributed by atoms with Crippen LogP contribution in [0.5, 0.6) is 11.5 Å². The fraction of sp³-hybridized carbons (Fsp3) is 0.464. The summed E-state index contributed by atoms with van der Waals surface area (Å²) in [6.07, 6.45) is 18.2. The van der Waals surface area contributed by atoms with Gasteiger partial charge in [-0.25, -0.2) is 24.0 Å². The fourth-order valence-corrected chi connectivity index (χ4v) is 11.4. The number of carbonyl (C=O) groups is 5. The predicted octanol–water partition coefficient (Wildman–Crippen LogP) is 12.3. The van der Waals surface area contributed by atoms with Gasteiger partial charge in [-0.05, 0) is 156 Å². The summed E-state index contributed by atoms with van der Waals surface area (Å²) < 4.78 is 39.8. The predicted molar refractivity (Wildman–Crippen MR) is 271 cm³/mol. The number of ether oxygens (including phenoxy) is 7. The van der Waals surface area contributed by atoms with E-state index in [1.165, 1.54) is 12.2 Å². The van der Waals surface area contributed by atoms with Crippen LogP contribution in [0.4, 0.5) is 0 Å². The highest BCUT2D eigenvalue weighted by Gasteiger charge is 2.33. The molecular weight excluding hydrogens is 943 g/mol. The maximum Gasteiger partial charge on any atom is 0.350 e. The molecule has 3 aromatic carbocycles. The highest BCUT2D eigenvalue weighted by atomic mass is 32.2. The molecule has 0 N–H and O–H groups in total. The van der Waals surface area contributed by atoms with Gasteiger partial charge in [-0.3, -0.25) is 0 Å². The summed E-state index contributed by atoms with van der Waals surface area (Å²) in [5, 5.41) is 9.99. The maximum absolute atomic E-state index is 13.6. The lowest BCUT2D eigenvalue weighted by molar-refractivity contribution is -0.138. The van der Waals surface area contributed by atoms with Crippen LogP contribution in [-0.4, -0.2) is 75.1 Å². The molecule has 1 aliphatic heterocycles. The first-order chi connectivity index (χ1) is 34.6. The van der Waals surface area contributed by atoms with E-state index in [0.717, 1.165) is 137 Å². The Bertz CT molecular complexity index is 2230. The summed E-state index contributed by atoms with van der Waals surface area (Å²) in [5.41, 5.74) is 2.83. The summed E-state index contributed by atoms with van der Waals surface area (Å²) >= 11 is 2.16. The summed E-state index contributed by atoms with van der Waals surface area (Å²) in [7, 11) is 0. The minimum atomic E-state index is -0.778. The van der Waals surface area contributed by atoms with Crippen molar-refractivity contribution in [3.8, 4) is 17.6 Å². The Hall–Kier alpha value is -5.66. The average molecular weight is 1010 g/mol. The maximum atomic E-state index is 13.6. The van der Waals surface area contributed by atoms with Crippen molar-refractivity contribution in [1.29, 1.82) is 5.26 Å². The molecule has 6 rings (SSSR count). The number of fused-ring (bicyclic) bond motifs is 1. The lowest BCUT2D eigenvalue weighted by atomic mass is 9.82. The Labute approximate surface area is 426 Å². The quantitative estimate of drug-likeness (QED) is 0.0185. The Balaban J connectivity index is 1.00. The summed E-state index contributed by atoms with van der Waals surface area (Å²) in [6, 6.07) is 20.0. The van der Waals surface area contributed by atoms with Crippen LogP contribution in [0, 0.1) is 11.3 Å². The van der Waals surface area contributed by atoms with E-state index >= 15 is 0 Å². The minimum absolute atomic E-state index is 0.0802. The largest absolute Gasteiger partial charge is 0.463 e. The molecule has 1 heterocycles. The second-order valence-electron chi connectivity index (χ2n) is 17.7. The Morgan fingerprint density at radius 2 is 0.958 bits per heavy atom. The van der Waals surface area contributed by atoms with Crippen LogP contribution in [0.25, 0.3) is 0 Å². The van der Waals surface area contributed by atoms with Gasteiger partial charge in [-0.1, -0.05) is 73.8 Å². The van der Waals surface area contributed by atoms with Crippen LogP contribution in [0.15, 0.2) is 106 Å². The van der Waals surface area contributed by atoms with Crippen molar-refractivity contribution in [2.24, 2.45) is 0 Å². The zero-order chi connectivity index (χ0) is 50.4. The smallest absolute Gasteiger partial charge is 0.350 e. The summed E-state index contributed by atoms with van der Waals surface area (Å²) in [4.78, 5) is 63.3. The molecule has 0 unspecified atom stereocenters. The number of hydrogen-bond acceptors (Lipinski definition) is 15. The van der Waals surface area contributed by atoms with E-state index in [0.29, 0.717) is 63.4 Å². The van der Waals surface area contributed by atoms with Crippen LogP contribution < -0.4 is 9.47 Å². The Kier molecular flexibility index (Phi) is 22.3. The zero-order valence-corrected chi connectivity index (χ0v) is 42.3. The molecule has 71 heavy (non-hydrogen) atoms.